The molecular weight excluding hydrogens is 337 g/mol. The molecule has 0 heterocycles. The highest BCUT2D eigenvalue weighted by Crippen LogP contribution is 2.14. The summed E-state index contributed by atoms with van der Waals surface area (Å²) in [7, 11) is 0. The lowest BCUT2D eigenvalue weighted by molar-refractivity contribution is -0.143. The van der Waals surface area contributed by atoms with Crippen molar-refractivity contribution in [1.82, 2.24) is 5.32 Å². The number of para-hydroxylation sites is 1. The Kier molecular flexibility index (Phi) is 6.57. The molecule has 0 bridgehead atoms. The van der Waals surface area contributed by atoms with Crippen LogP contribution in [-0.4, -0.2) is 31.6 Å². The molecule has 24 heavy (non-hydrogen) atoms. The predicted molar refractivity (Wildman–Crippen MR) is 86.6 cm³/mol. The topological polar surface area (TPSA) is 64.6 Å². The summed E-state index contributed by atoms with van der Waals surface area (Å²) >= 11 is 5.73. The number of halogens is 2. The van der Waals surface area contributed by atoms with Gasteiger partial charge in [0.15, 0.2) is 11.6 Å². The van der Waals surface area contributed by atoms with Crippen LogP contribution in [0.15, 0.2) is 48.5 Å². The molecule has 0 saturated carbocycles. The maximum atomic E-state index is 13.3. The van der Waals surface area contributed by atoms with E-state index < -0.39 is 17.7 Å². The highest BCUT2D eigenvalue weighted by Gasteiger charge is 2.09. The third-order valence-corrected chi connectivity index (χ3v) is 3.19. The smallest absolute Gasteiger partial charge is 0.325 e. The first-order valence-electron chi connectivity index (χ1n) is 7.13. The average molecular weight is 352 g/mol. The van der Waals surface area contributed by atoms with E-state index in [9.17, 15) is 14.0 Å². The first-order chi connectivity index (χ1) is 11.6. The van der Waals surface area contributed by atoms with Crippen molar-refractivity contribution in [1.29, 1.82) is 0 Å². The second kappa shape index (κ2) is 8.88. The second-order valence-electron chi connectivity index (χ2n) is 4.69. The van der Waals surface area contributed by atoms with Crippen LogP contribution in [0.4, 0.5) is 4.39 Å². The van der Waals surface area contributed by atoms with Crippen molar-refractivity contribution in [2.24, 2.45) is 0 Å². The third-order valence-electron chi connectivity index (χ3n) is 2.94. The zero-order valence-corrected chi connectivity index (χ0v) is 13.4. The van der Waals surface area contributed by atoms with Gasteiger partial charge in [0.25, 0.3) is 5.91 Å². The Hall–Kier alpha value is -2.60. The molecule has 0 aliphatic rings. The van der Waals surface area contributed by atoms with Gasteiger partial charge in [0.2, 0.25) is 0 Å². The first-order valence-corrected chi connectivity index (χ1v) is 7.51. The molecule has 0 saturated heterocycles. The molecule has 0 unspecified atom stereocenters. The van der Waals surface area contributed by atoms with Crippen LogP contribution in [0.2, 0.25) is 5.02 Å². The van der Waals surface area contributed by atoms with Crippen molar-refractivity contribution in [3.05, 3.63) is 64.9 Å². The fourth-order valence-corrected chi connectivity index (χ4v) is 1.90. The molecule has 0 atom stereocenters. The number of carbonyl (C=O) groups is 2. The highest BCUT2D eigenvalue weighted by molar-refractivity contribution is 6.30. The van der Waals surface area contributed by atoms with E-state index in [0.29, 0.717) is 10.6 Å². The van der Waals surface area contributed by atoms with Gasteiger partial charge in [0.05, 0.1) is 0 Å². The molecule has 0 fully saturated rings. The summed E-state index contributed by atoms with van der Waals surface area (Å²) in [6.45, 7) is -0.317. The third kappa shape index (κ3) is 5.55. The minimum absolute atomic E-state index is 0.0117. The average Bonchev–Trinajstić information content (AvgIpc) is 2.58. The van der Waals surface area contributed by atoms with E-state index in [1.807, 2.05) is 0 Å². The van der Waals surface area contributed by atoms with Crippen LogP contribution in [0.25, 0.3) is 0 Å². The lowest BCUT2D eigenvalue weighted by atomic mass is 10.2. The monoisotopic (exact) mass is 351 g/mol. The largest absolute Gasteiger partial charge is 0.487 e. The molecule has 2 aromatic rings. The second-order valence-corrected chi connectivity index (χ2v) is 5.13. The molecule has 0 aromatic heterocycles. The minimum Gasteiger partial charge on any atom is -0.487 e. The summed E-state index contributed by atoms with van der Waals surface area (Å²) < 4.78 is 23.3. The lowest BCUT2D eigenvalue weighted by Crippen LogP contribution is -2.31. The molecule has 0 aliphatic heterocycles. The fraction of sp³-hybridized carbons (Fsp3) is 0.176. The number of ether oxygens (including phenoxy) is 2. The Labute approximate surface area is 143 Å². The van der Waals surface area contributed by atoms with E-state index in [2.05, 4.69) is 5.32 Å². The van der Waals surface area contributed by atoms with Crippen LogP contribution in [0.1, 0.15) is 10.4 Å². The van der Waals surface area contributed by atoms with Crippen molar-refractivity contribution in [2.45, 2.75) is 0 Å². The fourth-order valence-electron chi connectivity index (χ4n) is 1.78. The molecule has 0 radical (unpaired) electrons. The van der Waals surface area contributed by atoms with Gasteiger partial charge in [-0.05, 0) is 36.4 Å². The van der Waals surface area contributed by atoms with Crippen molar-refractivity contribution >= 4 is 23.5 Å². The SMILES string of the molecule is O=C(CNC(=O)c1ccc(Cl)cc1)OCCOc1ccccc1F. The number of hydrogen-bond donors (Lipinski definition) is 1. The molecule has 5 nitrogen and oxygen atoms in total. The van der Waals surface area contributed by atoms with Gasteiger partial charge in [-0.3, -0.25) is 9.59 Å². The summed E-state index contributed by atoms with van der Waals surface area (Å²) in [5, 5.41) is 2.94. The molecule has 2 rings (SSSR count). The van der Waals surface area contributed by atoms with E-state index in [-0.39, 0.29) is 25.5 Å². The zero-order valence-electron chi connectivity index (χ0n) is 12.6. The standard InChI is InChI=1S/C17H15ClFNO4/c18-13-7-5-12(6-8-13)17(22)20-11-16(21)24-10-9-23-15-4-2-1-3-14(15)19/h1-8H,9-11H2,(H,20,22). The lowest BCUT2D eigenvalue weighted by Gasteiger charge is -2.08. The van der Waals surface area contributed by atoms with E-state index in [0.717, 1.165) is 0 Å². The summed E-state index contributed by atoms with van der Waals surface area (Å²) in [5.41, 5.74) is 0.384. The molecule has 1 amide bonds. The summed E-state index contributed by atoms with van der Waals surface area (Å²) in [5.74, 6) is -1.43. The van der Waals surface area contributed by atoms with Gasteiger partial charge in [0.1, 0.15) is 19.8 Å². The molecule has 0 spiro atoms. The van der Waals surface area contributed by atoms with Crippen LogP contribution < -0.4 is 10.1 Å². The van der Waals surface area contributed by atoms with Crippen LogP contribution in [0.3, 0.4) is 0 Å². The molecule has 126 valence electrons. The number of rotatable bonds is 7. The number of hydrogen-bond acceptors (Lipinski definition) is 4. The highest BCUT2D eigenvalue weighted by atomic mass is 35.5. The number of carbonyl (C=O) groups excluding carboxylic acids is 2. The number of benzene rings is 2. The van der Waals surface area contributed by atoms with Gasteiger partial charge in [-0.25, -0.2) is 4.39 Å². The van der Waals surface area contributed by atoms with Crippen molar-refractivity contribution < 1.29 is 23.5 Å². The van der Waals surface area contributed by atoms with Crippen molar-refractivity contribution in [2.75, 3.05) is 19.8 Å². The Balaban J connectivity index is 1.65. The number of amides is 1. The summed E-state index contributed by atoms with van der Waals surface area (Å²) in [6, 6.07) is 12.2. The molecule has 1 N–H and O–H groups in total. The van der Waals surface area contributed by atoms with Crippen molar-refractivity contribution in [3.63, 3.8) is 0 Å². The molecule has 0 aliphatic carbocycles. The predicted octanol–water partition coefficient (Wildman–Crippen LogP) is 2.83. The van der Waals surface area contributed by atoms with Crippen LogP contribution >= 0.6 is 11.6 Å². The number of esters is 1. The summed E-state index contributed by atoms with van der Waals surface area (Å²) in [6.07, 6.45) is 0. The van der Waals surface area contributed by atoms with E-state index in [4.69, 9.17) is 21.1 Å². The van der Waals surface area contributed by atoms with Crippen LogP contribution in [-0.2, 0) is 9.53 Å². The van der Waals surface area contributed by atoms with Gasteiger partial charge in [-0.2, -0.15) is 0 Å². The van der Waals surface area contributed by atoms with Crippen LogP contribution in [0.5, 0.6) is 5.75 Å². The molecule has 2 aromatic carbocycles. The van der Waals surface area contributed by atoms with E-state index in [1.54, 1.807) is 36.4 Å². The first kappa shape index (κ1) is 17.7. The van der Waals surface area contributed by atoms with Gasteiger partial charge in [-0.1, -0.05) is 23.7 Å². The Morgan fingerprint density at radius 2 is 1.75 bits per heavy atom. The Morgan fingerprint density at radius 3 is 2.46 bits per heavy atom. The van der Waals surface area contributed by atoms with Gasteiger partial charge >= 0.3 is 5.97 Å². The van der Waals surface area contributed by atoms with Gasteiger partial charge < -0.3 is 14.8 Å². The minimum atomic E-state index is -0.616. The summed E-state index contributed by atoms with van der Waals surface area (Å²) in [4.78, 5) is 23.3. The zero-order chi connectivity index (χ0) is 17.4. The molecular formula is C17H15ClFNO4. The Morgan fingerprint density at radius 1 is 1.04 bits per heavy atom. The normalized spacial score (nSPS) is 10.1. The quantitative estimate of drug-likeness (QED) is 0.615. The Bertz CT molecular complexity index is 706. The molecule has 7 heteroatoms. The maximum Gasteiger partial charge on any atom is 0.325 e. The van der Waals surface area contributed by atoms with Gasteiger partial charge in [0, 0.05) is 10.6 Å². The van der Waals surface area contributed by atoms with Crippen molar-refractivity contribution in [3.8, 4) is 5.75 Å². The van der Waals surface area contributed by atoms with E-state index >= 15 is 0 Å². The van der Waals surface area contributed by atoms with Crippen LogP contribution in [0, 0.1) is 5.82 Å². The maximum absolute atomic E-state index is 13.3. The van der Waals surface area contributed by atoms with E-state index in [1.165, 1.54) is 12.1 Å². The van der Waals surface area contributed by atoms with Gasteiger partial charge in [-0.15, -0.1) is 0 Å². The number of nitrogens with one attached hydrogen (secondary N) is 1.